The first-order valence-corrected chi connectivity index (χ1v) is 9.40. The molecule has 9 heteroatoms. The van der Waals surface area contributed by atoms with Crippen molar-refractivity contribution in [2.45, 2.75) is 24.8 Å². The summed E-state index contributed by atoms with van der Waals surface area (Å²) in [5, 5.41) is 7.13. The van der Waals surface area contributed by atoms with Gasteiger partial charge in [0, 0.05) is 25.1 Å². The van der Waals surface area contributed by atoms with Gasteiger partial charge in [-0.3, -0.25) is 9.48 Å². The Labute approximate surface area is 168 Å². The molecule has 0 saturated heterocycles. The number of methoxy groups -OCH3 is 1. The van der Waals surface area contributed by atoms with Crippen molar-refractivity contribution < 1.29 is 9.53 Å². The quantitative estimate of drug-likeness (QED) is 0.558. The van der Waals surface area contributed by atoms with Crippen LogP contribution in [0, 0.1) is 0 Å². The lowest BCUT2D eigenvalue weighted by Crippen LogP contribution is -2.21. The molecule has 0 bridgehead atoms. The number of nitrogens with zero attached hydrogens (tertiary/aromatic N) is 4. The lowest BCUT2D eigenvalue weighted by Gasteiger charge is -2.18. The predicted molar refractivity (Wildman–Crippen MR) is 109 cm³/mol. The Hall–Kier alpha value is -3.46. The van der Waals surface area contributed by atoms with E-state index in [0.717, 1.165) is 11.3 Å². The van der Waals surface area contributed by atoms with E-state index < -0.39 is 5.91 Å². The Morgan fingerprint density at radius 3 is 2.79 bits per heavy atom. The van der Waals surface area contributed by atoms with E-state index in [4.69, 9.17) is 16.2 Å². The molecule has 1 atom stereocenters. The number of ether oxygens (including phenoxy) is 1. The van der Waals surface area contributed by atoms with Crippen LogP contribution in [0.5, 0.6) is 5.75 Å². The standard InChI is InChI=1S/C20H23N7O2/c1-29-16-7-13(12-2-3-12)6-14(8-16)17(9-21)27-11-15(10-25-27)26-20(28)18-19(22)24-5-4-23-18/h4-8,10-12,17H,2-3,9,21H2,1H3,(H2,22,24)(H,26,28). The number of carbonyl (C=O) groups is 1. The average Bonchev–Trinajstić information content (AvgIpc) is 3.49. The number of amides is 1. The summed E-state index contributed by atoms with van der Waals surface area (Å²) in [6, 6.07) is 6.03. The molecule has 4 rings (SSSR count). The third-order valence-corrected chi connectivity index (χ3v) is 4.96. The molecule has 1 unspecified atom stereocenters. The van der Waals surface area contributed by atoms with Crippen LogP contribution in [0.25, 0.3) is 0 Å². The molecule has 29 heavy (non-hydrogen) atoms. The molecule has 1 saturated carbocycles. The fourth-order valence-electron chi connectivity index (χ4n) is 3.29. The molecule has 1 fully saturated rings. The Bertz CT molecular complexity index is 1030. The van der Waals surface area contributed by atoms with Crippen molar-refractivity contribution in [1.82, 2.24) is 19.7 Å². The topological polar surface area (TPSA) is 134 Å². The van der Waals surface area contributed by atoms with Crippen molar-refractivity contribution in [1.29, 1.82) is 0 Å². The zero-order valence-corrected chi connectivity index (χ0v) is 16.1. The number of rotatable bonds is 7. The highest BCUT2D eigenvalue weighted by Gasteiger charge is 2.26. The zero-order chi connectivity index (χ0) is 20.4. The van der Waals surface area contributed by atoms with Crippen LogP contribution in [0.3, 0.4) is 0 Å². The van der Waals surface area contributed by atoms with Crippen LogP contribution < -0.4 is 21.5 Å². The van der Waals surface area contributed by atoms with E-state index in [1.54, 1.807) is 24.2 Å². The van der Waals surface area contributed by atoms with Gasteiger partial charge in [0.2, 0.25) is 0 Å². The van der Waals surface area contributed by atoms with Gasteiger partial charge in [-0.25, -0.2) is 9.97 Å². The number of benzene rings is 1. The van der Waals surface area contributed by atoms with Gasteiger partial charge in [0.15, 0.2) is 11.5 Å². The first kappa shape index (κ1) is 18.9. The summed E-state index contributed by atoms with van der Waals surface area (Å²) in [4.78, 5) is 20.2. The zero-order valence-electron chi connectivity index (χ0n) is 16.1. The van der Waals surface area contributed by atoms with Crippen LogP contribution in [0.4, 0.5) is 11.5 Å². The average molecular weight is 393 g/mol. The maximum atomic E-state index is 12.4. The fraction of sp³-hybridized carbons (Fsp3) is 0.300. The monoisotopic (exact) mass is 393 g/mol. The molecule has 5 N–H and O–H groups in total. The van der Waals surface area contributed by atoms with E-state index >= 15 is 0 Å². The molecule has 9 nitrogen and oxygen atoms in total. The minimum Gasteiger partial charge on any atom is -0.497 e. The van der Waals surface area contributed by atoms with E-state index in [1.165, 1.54) is 30.8 Å². The summed E-state index contributed by atoms with van der Waals surface area (Å²) in [7, 11) is 1.66. The van der Waals surface area contributed by atoms with Gasteiger partial charge in [-0.1, -0.05) is 6.07 Å². The molecule has 1 aliphatic rings. The van der Waals surface area contributed by atoms with Gasteiger partial charge in [-0.2, -0.15) is 5.10 Å². The molecule has 1 amide bonds. The van der Waals surface area contributed by atoms with Crippen LogP contribution in [-0.2, 0) is 0 Å². The summed E-state index contributed by atoms with van der Waals surface area (Å²) < 4.78 is 7.21. The molecule has 0 spiro atoms. The van der Waals surface area contributed by atoms with Gasteiger partial charge in [-0.15, -0.1) is 0 Å². The summed E-state index contributed by atoms with van der Waals surface area (Å²) in [5.74, 6) is 1.02. The van der Waals surface area contributed by atoms with Gasteiger partial charge in [0.25, 0.3) is 5.91 Å². The molecule has 1 aromatic carbocycles. The highest BCUT2D eigenvalue weighted by Crippen LogP contribution is 2.42. The molecule has 1 aliphatic carbocycles. The van der Waals surface area contributed by atoms with Crippen molar-refractivity contribution in [2.24, 2.45) is 5.73 Å². The number of aromatic nitrogens is 4. The van der Waals surface area contributed by atoms with Crippen molar-refractivity contribution in [3.8, 4) is 5.75 Å². The van der Waals surface area contributed by atoms with Crippen molar-refractivity contribution in [3.05, 3.63) is 59.8 Å². The Morgan fingerprint density at radius 2 is 2.10 bits per heavy atom. The largest absolute Gasteiger partial charge is 0.497 e. The van der Waals surface area contributed by atoms with Gasteiger partial charge in [0.1, 0.15) is 5.75 Å². The third-order valence-electron chi connectivity index (χ3n) is 4.96. The summed E-state index contributed by atoms with van der Waals surface area (Å²) in [5.41, 5.74) is 14.6. The summed E-state index contributed by atoms with van der Waals surface area (Å²) in [6.07, 6.45) is 8.54. The molecular weight excluding hydrogens is 370 g/mol. The van der Waals surface area contributed by atoms with Crippen LogP contribution in [-0.4, -0.2) is 39.3 Å². The van der Waals surface area contributed by atoms with Crippen molar-refractivity contribution >= 4 is 17.4 Å². The summed E-state index contributed by atoms with van der Waals surface area (Å²) >= 11 is 0. The number of hydrogen-bond donors (Lipinski definition) is 3. The number of nitrogens with two attached hydrogens (primary N) is 2. The second-order valence-corrected chi connectivity index (χ2v) is 7.02. The van der Waals surface area contributed by atoms with E-state index in [0.29, 0.717) is 18.2 Å². The lowest BCUT2D eigenvalue weighted by atomic mass is 10.0. The van der Waals surface area contributed by atoms with Crippen LogP contribution >= 0.6 is 0 Å². The Balaban J connectivity index is 1.57. The number of carbonyl (C=O) groups excluding carboxylic acids is 1. The van der Waals surface area contributed by atoms with E-state index in [2.05, 4.69) is 32.5 Å². The van der Waals surface area contributed by atoms with Crippen LogP contribution in [0.1, 0.15) is 46.4 Å². The SMILES string of the molecule is COc1cc(C2CC2)cc(C(CN)n2cc(NC(=O)c3nccnc3N)cn2)c1. The Kier molecular flexibility index (Phi) is 5.13. The maximum Gasteiger partial charge on any atom is 0.278 e. The molecular formula is C20H23N7O2. The number of nitrogens with one attached hydrogen (secondary N) is 1. The highest BCUT2D eigenvalue weighted by molar-refractivity contribution is 6.05. The second-order valence-electron chi connectivity index (χ2n) is 7.02. The molecule has 150 valence electrons. The van der Waals surface area contributed by atoms with Gasteiger partial charge >= 0.3 is 0 Å². The number of anilines is 2. The Morgan fingerprint density at radius 1 is 1.31 bits per heavy atom. The first-order chi connectivity index (χ1) is 14.1. The number of nitrogen functional groups attached to an aromatic ring is 1. The lowest BCUT2D eigenvalue weighted by molar-refractivity contribution is 0.102. The van der Waals surface area contributed by atoms with Gasteiger partial charge < -0.3 is 21.5 Å². The minimum absolute atomic E-state index is 0.0671. The number of hydrogen-bond acceptors (Lipinski definition) is 7. The third kappa shape index (κ3) is 4.04. The molecule has 0 aliphatic heterocycles. The van der Waals surface area contributed by atoms with Crippen molar-refractivity contribution in [2.75, 3.05) is 24.7 Å². The fourth-order valence-corrected chi connectivity index (χ4v) is 3.29. The van der Waals surface area contributed by atoms with Crippen LogP contribution in [0.2, 0.25) is 0 Å². The smallest absolute Gasteiger partial charge is 0.278 e. The maximum absolute atomic E-state index is 12.4. The van der Waals surface area contributed by atoms with E-state index in [-0.39, 0.29) is 17.6 Å². The van der Waals surface area contributed by atoms with Gasteiger partial charge in [0.05, 0.1) is 25.0 Å². The van der Waals surface area contributed by atoms with Crippen molar-refractivity contribution in [3.63, 3.8) is 0 Å². The van der Waals surface area contributed by atoms with Crippen LogP contribution in [0.15, 0.2) is 43.0 Å². The molecule has 3 aromatic rings. The van der Waals surface area contributed by atoms with E-state index in [9.17, 15) is 4.79 Å². The minimum atomic E-state index is -0.447. The molecule has 2 aromatic heterocycles. The summed E-state index contributed by atoms with van der Waals surface area (Å²) in [6.45, 7) is 0.351. The molecule has 2 heterocycles. The first-order valence-electron chi connectivity index (χ1n) is 9.40. The van der Waals surface area contributed by atoms with E-state index in [1.807, 2.05) is 6.07 Å². The second kappa shape index (κ2) is 7.88. The normalized spacial score (nSPS) is 14.4. The highest BCUT2D eigenvalue weighted by atomic mass is 16.5. The van der Waals surface area contributed by atoms with Gasteiger partial charge in [-0.05, 0) is 42.0 Å². The molecule has 0 radical (unpaired) electrons. The predicted octanol–water partition coefficient (Wildman–Crippen LogP) is 1.94.